The minimum absolute atomic E-state index is 0.0819. The van der Waals surface area contributed by atoms with Crippen LogP contribution in [0, 0.1) is 5.92 Å². The van der Waals surface area contributed by atoms with E-state index in [9.17, 15) is 9.90 Å². The van der Waals surface area contributed by atoms with Gasteiger partial charge in [0.15, 0.2) is 0 Å². The number of para-hydroxylation sites is 1. The van der Waals surface area contributed by atoms with Crippen LogP contribution in [0.3, 0.4) is 0 Å². The lowest BCUT2D eigenvalue weighted by Crippen LogP contribution is -2.20. The third kappa shape index (κ3) is 4.48. The maximum atomic E-state index is 11.3. The van der Waals surface area contributed by atoms with E-state index in [2.05, 4.69) is 33.9 Å². The molecule has 0 saturated heterocycles. The first-order chi connectivity index (χ1) is 18.1. The lowest BCUT2D eigenvalue weighted by atomic mass is 9.85. The van der Waals surface area contributed by atoms with Crippen molar-refractivity contribution in [2.75, 3.05) is 5.73 Å². The number of pyridine rings is 1. The molecule has 1 saturated carbocycles. The average molecular weight is 493 g/mol. The number of aliphatic carboxylic acids is 1. The fraction of sp³-hybridized carbons (Fsp3) is 0.233. The lowest BCUT2D eigenvalue weighted by molar-refractivity contribution is -0.136. The highest BCUT2D eigenvalue weighted by Gasteiger charge is 2.22. The average Bonchev–Trinajstić information content (AvgIpc) is 3.21. The molecule has 0 aliphatic heterocycles. The molecule has 2 aromatic heterocycles. The number of fused-ring (bicyclic) bond motifs is 2. The van der Waals surface area contributed by atoms with E-state index in [-0.39, 0.29) is 6.42 Å². The van der Waals surface area contributed by atoms with Crippen molar-refractivity contribution >= 4 is 33.5 Å². The Morgan fingerprint density at radius 2 is 1.89 bits per heavy atom. The van der Waals surface area contributed by atoms with Crippen LogP contribution in [0.15, 0.2) is 72.9 Å². The normalized spacial score (nSPS) is 13.6. The first kappa shape index (κ1) is 23.0. The summed E-state index contributed by atoms with van der Waals surface area (Å²) in [6.07, 6.45) is 5.36. The van der Waals surface area contributed by atoms with Crippen LogP contribution >= 0.6 is 0 Å². The molecule has 7 heteroatoms. The molecule has 6 rings (SSSR count). The number of carboxylic acid groups (broad SMARTS) is 1. The van der Waals surface area contributed by atoms with E-state index in [1.54, 1.807) is 12.3 Å². The molecule has 7 nitrogen and oxygen atoms in total. The summed E-state index contributed by atoms with van der Waals surface area (Å²) in [6.45, 7) is 1.16. The van der Waals surface area contributed by atoms with E-state index in [1.165, 1.54) is 19.3 Å². The first-order valence-electron chi connectivity index (χ1n) is 12.6. The Morgan fingerprint density at radius 3 is 2.70 bits per heavy atom. The maximum absolute atomic E-state index is 11.3. The van der Waals surface area contributed by atoms with Crippen LogP contribution in [-0.2, 0) is 24.4 Å². The molecule has 1 aliphatic rings. The number of carboxylic acids is 1. The first-order valence-corrected chi connectivity index (χ1v) is 12.6. The second-order valence-corrected chi connectivity index (χ2v) is 9.72. The monoisotopic (exact) mass is 492 g/mol. The van der Waals surface area contributed by atoms with Gasteiger partial charge in [0.25, 0.3) is 0 Å². The van der Waals surface area contributed by atoms with Gasteiger partial charge >= 0.3 is 5.97 Å². The minimum Gasteiger partial charge on any atom is -0.487 e. The molecular formula is C30H28N4O3. The summed E-state index contributed by atoms with van der Waals surface area (Å²) in [7, 11) is 0. The molecular weight excluding hydrogens is 464 g/mol. The minimum atomic E-state index is -0.882. The fourth-order valence-corrected chi connectivity index (χ4v) is 5.16. The highest BCUT2D eigenvalue weighted by molar-refractivity contribution is 6.02. The molecule has 0 atom stereocenters. The molecule has 0 radical (unpaired) electrons. The van der Waals surface area contributed by atoms with Gasteiger partial charge in [-0.1, -0.05) is 48.9 Å². The van der Waals surface area contributed by atoms with Gasteiger partial charge in [0.2, 0.25) is 0 Å². The molecule has 3 N–H and O–H groups in total. The molecule has 1 aliphatic carbocycles. The smallest absolute Gasteiger partial charge is 0.307 e. The molecule has 37 heavy (non-hydrogen) atoms. The second kappa shape index (κ2) is 9.58. The number of hydrogen-bond donors (Lipinski definition) is 2. The summed E-state index contributed by atoms with van der Waals surface area (Å²) in [4.78, 5) is 15.6. The summed E-state index contributed by atoms with van der Waals surface area (Å²) < 4.78 is 8.33. The number of anilines is 1. The number of nitrogens with two attached hydrogens (primary N) is 1. The van der Waals surface area contributed by atoms with E-state index in [0.717, 1.165) is 45.0 Å². The van der Waals surface area contributed by atoms with E-state index >= 15 is 0 Å². The Kier molecular flexibility index (Phi) is 5.96. The molecule has 1 fully saturated rings. The highest BCUT2D eigenvalue weighted by Crippen LogP contribution is 2.35. The Hall–Kier alpha value is -4.39. The van der Waals surface area contributed by atoms with Crippen molar-refractivity contribution in [3.05, 3.63) is 84.2 Å². The van der Waals surface area contributed by atoms with Crippen molar-refractivity contribution < 1.29 is 14.6 Å². The van der Waals surface area contributed by atoms with Gasteiger partial charge in [-0.05, 0) is 59.5 Å². The topological polar surface area (TPSA) is 103 Å². The van der Waals surface area contributed by atoms with Crippen LogP contribution in [0.1, 0.15) is 30.5 Å². The molecule has 2 heterocycles. The quantitative estimate of drug-likeness (QED) is 0.282. The van der Waals surface area contributed by atoms with Crippen LogP contribution in [0.4, 0.5) is 5.82 Å². The molecule has 5 aromatic rings. The number of benzene rings is 3. The third-order valence-electron chi connectivity index (χ3n) is 7.33. The van der Waals surface area contributed by atoms with Gasteiger partial charge in [-0.2, -0.15) is 5.10 Å². The summed E-state index contributed by atoms with van der Waals surface area (Å²) in [5.41, 5.74) is 10.9. The van der Waals surface area contributed by atoms with E-state index < -0.39 is 5.97 Å². The van der Waals surface area contributed by atoms with Crippen LogP contribution in [0.2, 0.25) is 0 Å². The number of aromatic nitrogens is 3. The zero-order valence-corrected chi connectivity index (χ0v) is 20.4. The molecule has 0 bridgehead atoms. The van der Waals surface area contributed by atoms with Crippen molar-refractivity contribution in [1.82, 2.24) is 14.8 Å². The Bertz CT molecular complexity index is 1620. The number of nitrogen functional groups attached to an aromatic ring is 1. The maximum Gasteiger partial charge on any atom is 0.307 e. The Labute approximate surface area is 214 Å². The highest BCUT2D eigenvalue weighted by atomic mass is 16.5. The van der Waals surface area contributed by atoms with E-state index in [0.29, 0.717) is 29.7 Å². The molecule has 0 amide bonds. The van der Waals surface area contributed by atoms with Crippen molar-refractivity contribution in [2.45, 2.75) is 38.8 Å². The van der Waals surface area contributed by atoms with Gasteiger partial charge < -0.3 is 15.6 Å². The van der Waals surface area contributed by atoms with Gasteiger partial charge in [-0.15, -0.1) is 0 Å². The summed E-state index contributed by atoms with van der Waals surface area (Å²) in [6, 6.07) is 21.7. The largest absolute Gasteiger partial charge is 0.487 e. The van der Waals surface area contributed by atoms with Crippen molar-refractivity contribution in [1.29, 1.82) is 0 Å². The summed E-state index contributed by atoms with van der Waals surface area (Å²) >= 11 is 0. The number of hydrogen-bond acceptors (Lipinski definition) is 5. The number of rotatable bonds is 8. The van der Waals surface area contributed by atoms with Crippen LogP contribution in [0.5, 0.6) is 5.75 Å². The van der Waals surface area contributed by atoms with Gasteiger partial charge in [-0.3, -0.25) is 9.48 Å². The molecule has 3 aromatic carbocycles. The van der Waals surface area contributed by atoms with Gasteiger partial charge in [-0.25, -0.2) is 4.98 Å². The Morgan fingerprint density at radius 1 is 1.03 bits per heavy atom. The van der Waals surface area contributed by atoms with Crippen LogP contribution < -0.4 is 10.5 Å². The SMILES string of the molecule is Nc1nccc2c(-c3ccc4nn(CC5CCC5)c(COc5ccccc5CC(=O)O)c4c3)cccc12. The fourth-order valence-electron chi connectivity index (χ4n) is 5.16. The van der Waals surface area contributed by atoms with Gasteiger partial charge in [0, 0.05) is 29.1 Å². The second-order valence-electron chi connectivity index (χ2n) is 9.72. The molecule has 0 spiro atoms. The molecule has 186 valence electrons. The number of carbonyl (C=O) groups is 1. The summed E-state index contributed by atoms with van der Waals surface area (Å²) in [5.74, 6) is 0.845. The van der Waals surface area contributed by atoms with E-state index in [1.807, 2.05) is 36.4 Å². The zero-order valence-electron chi connectivity index (χ0n) is 20.4. The lowest BCUT2D eigenvalue weighted by Gasteiger charge is -2.26. The standard InChI is InChI=1S/C30H28N4O3/c31-30-24-9-4-8-22(23(24)13-14-32-30)20-11-12-26-25(15-20)27(34(33-26)17-19-5-3-6-19)18-37-28-10-2-1-7-21(28)16-29(35)36/h1-2,4,7-15,19H,3,5-6,16-18H2,(H2,31,32)(H,35,36). The summed E-state index contributed by atoms with van der Waals surface area (Å²) in [5, 5.41) is 17.3. The zero-order chi connectivity index (χ0) is 25.4. The Balaban J connectivity index is 1.42. The van der Waals surface area contributed by atoms with Crippen molar-refractivity contribution in [3.8, 4) is 16.9 Å². The predicted octanol–water partition coefficient (Wildman–Crippen LogP) is 5.84. The number of nitrogens with zero attached hydrogens (tertiary/aromatic N) is 3. The van der Waals surface area contributed by atoms with Crippen molar-refractivity contribution in [2.24, 2.45) is 5.92 Å². The van der Waals surface area contributed by atoms with Crippen LogP contribution in [0.25, 0.3) is 32.8 Å². The van der Waals surface area contributed by atoms with Gasteiger partial charge in [0.1, 0.15) is 18.2 Å². The van der Waals surface area contributed by atoms with Crippen LogP contribution in [-0.4, -0.2) is 25.8 Å². The predicted molar refractivity (Wildman–Crippen MR) is 144 cm³/mol. The molecule has 0 unspecified atom stereocenters. The van der Waals surface area contributed by atoms with E-state index in [4.69, 9.17) is 15.6 Å². The van der Waals surface area contributed by atoms with Gasteiger partial charge in [0.05, 0.1) is 17.6 Å². The third-order valence-corrected chi connectivity index (χ3v) is 7.33. The number of ether oxygens (including phenoxy) is 1. The van der Waals surface area contributed by atoms with Crippen molar-refractivity contribution in [3.63, 3.8) is 0 Å².